The Bertz CT molecular complexity index is 672. The van der Waals surface area contributed by atoms with Crippen LogP contribution in [0.5, 0.6) is 0 Å². The van der Waals surface area contributed by atoms with Gasteiger partial charge in [0.25, 0.3) is 0 Å². The fourth-order valence-electron chi connectivity index (χ4n) is 2.24. The molecule has 2 aromatic rings. The number of carbonyl (C=O) groups is 1. The second-order valence-corrected chi connectivity index (χ2v) is 4.33. The molecule has 0 unspecified atom stereocenters. The Labute approximate surface area is 110 Å². The highest BCUT2D eigenvalue weighted by Crippen LogP contribution is 2.17. The summed E-state index contributed by atoms with van der Waals surface area (Å²) in [4.78, 5) is 23.7. The summed E-state index contributed by atoms with van der Waals surface area (Å²) in [6, 6.07) is 9.10. The van der Waals surface area contributed by atoms with E-state index in [0.29, 0.717) is 17.7 Å². The van der Waals surface area contributed by atoms with Crippen LogP contribution in [0.15, 0.2) is 41.3 Å². The minimum absolute atomic E-state index is 0.133. The summed E-state index contributed by atoms with van der Waals surface area (Å²) < 4.78 is 1.72. The molecule has 0 aliphatic carbocycles. The number of carboxylic acids is 1. The van der Waals surface area contributed by atoms with Crippen molar-refractivity contribution in [2.45, 2.75) is 13.3 Å². The maximum atomic E-state index is 12.3. The highest BCUT2D eigenvalue weighted by atomic mass is 16.4. The van der Waals surface area contributed by atoms with Gasteiger partial charge in [0.1, 0.15) is 5.56 Å². The van der Waals surface area contributed by atoms with E-state index in [1.54, 1.807) is 29.9 Å². The van der Waals surface area contributed by atoms with Gasteiger partial charge in [-0.25, -0.2) is 4.79 Å². The van der Waals surface area contributed by atoms with E-state index in [1.807, 2.05) is 25.1 Å². The van der Waals surface area contributed by atoms with Crippen molar-refractivity contribution in [1.29, 1.82) is 0 Å². The second kappa shape index (κ2) is 5.10. The SMILES string of the molecule is CCc1c(C(=O)O)c(=O)c(-c2ccccc2)cn1C. The largest absolute Gasteiger partial charge is 0.477 e. The highest BCUT2D eigenvalue weighted by molar-refractivity contribution is 5.90. The first-order valence-electron chi connectivity index (χ1n) is 6.07. The lowest BCUT2D eigenvalue weighted by Crippen LogP contribution is -2.23. The molecule has 1 heterocycles. The number of aromatic carboxylic acids is 1. The molecule has 0 amide bonds. The van der Waals surface area contributed by atoms with Gasteiger partial charge < -0.3 is 9.67 Å². The molecule has 0 spiro atoms. The van der Waals surface area contributed by atoms with Crippen LogP contribution in [0.2, 0.25) is 0 Å². The van der Waals surface area contributed by atoms with Crippen LogP contribution in [-0.4, -0.2) is 15.6 Å². The molecule has 0 fully saturated rings. The van der Waals surface area contributed by atoms with E-state index in [9.17, 15) is 14.7 Å². The van der Waals surface area contributed by atoms with Gasteiger partial charge in [0.2, 0.25) is 5.43 Å². The van der Waals surface area contributed by atoms with Gasteiger partial charge in [-0.2, -0.15) is 0 Å². The van der Waals surface area contributed by atoms with Gasteiger partial charge in [-0.3, -0.25) is 4.79 Å². The van der Waals surface area contributed by atoms with Crippen molar-refractivity contribution in [3.05, 3.63) is 58.0 Å². The van der Waals surface area contributed by atoms with Gasteiger partial charge in [0, 0.05) is 24.5 Å². The van der Waals surface area contributed by atoms with E-state index >= 15 is 0 Å². The van der Waals surface area contributed by atoms with Crippen LogP contribution in [0.3, 0.4) is 0 Å². The molecular weight excluding hydrogens is 242 g/mol. The third-order valence-electron chi connectivity index (χ3n) is 3.14. The third kappa shape index (κ3) is 2.29. The fourth-order valence-corrected chi connectivity index (χ4v) is 2.24. The first-order chi connectivity index (χ1) is 9.06. The van der Waals surface area contributed by atoms with Crippen molar-refractivity contribution in [3.63, 3.8) is 0 Å². The van der Waals surface area contributed by atoms with E-state index < -0.39 is 11.4 Å². The molecule has 0 saturated heterocycles. The van der Waals surface area contributed by atoms with Crippen molar-refractivity contribution in [2.75, 3.05) is 0 Å². The normalized spacial score (nSPS) is 10.4. The van der Waals surface area contributed by atoms with E-state index in [2.05, 4.69) is 0 Å². The van der Waals surface area contributed by atoms with Crippen LogP contribution >= 0.6 is 0 Å². The molecule has 98 valence electrons. The summed E-state index contributed by atoms with van der Waals surface area (Å²) in [5, 5.41) is 9.26. The van der Waals surface area contributed by atoms with Crippen molar-refractivity contribution in [2.24, 2.45) is 7.05 Å². The minimum atomic E-state index is -1.17. The first kappa shape index (κ1) is 13.1. The Morgan fingerprint density at radius 2 is 1.89 bits per heavy atom. The average molecular weight is 257 g/mol. The summed E-state index contributed by atoms with van der Waals surface area (Å²) in [7, 11) is 1.76. The van der Waals surface area contributed by atoms with Crippen molar-refractivity contribution < 1.29 is 9.90 Å². The molecule has 2 rings (SSSR count). The summed E-state index contributed by atoms with van der Waals surface area (Å²) in [5.74, 6) is -1.17. The first-order valence-corrected chi connectivity index (χ1v) is 6.07. The van der Waals surface area contributed by atoms with E-state index in [0.717, 1.165) is 5.56 Å². The molecular formula is C15H15NO3. The van der Waals surface area contributed by atoms with Crippen molar-refractivity contribution in [1.82, 2.24) is 4.57 Å². The molecule has 1 N–H and O–H groups in total. The Morgan fingerprint density at radius 1 is 1.26 bits per heavy atom. The number of hydrogen-bond donors (Lipinski definition) is 1. The molecule has 1 aromatic heterocycles. The Balaban J connectivity index is 2.79. The van der Waals surface area contributed by atoms with Crippen LogP contribution in [-0.2, 0) is 13.5 Å². The van der Waals surface area contributed by atoms with Gasteiger partial charge in [0.05, 0.1) is 0 Å². The third-order valence-corrected chi connectivity index (χ3v) is 3.14. The number of aryl methyl sites for hydroxylation is 1. The van der Waals surface area contributed by atoms with E-state index in [4.69, 9.17) is 0 Å². The summed E-state index contributed by atoms with van der Waals surface area (Å²) in [6.45, 7) is 1.84. The zero-order chi connectivity index (χ0) is 14.0. The van der Waals surface area contributed by atoms with E-state index in [-0.39, 0.29) is 5.56 Å². The Morgan fingerprint density at radius 3 is 2.42 bits per heavy atom. The zero-order valence-electron chi connectivity index (χ0n) is 10.9. The average Bonchev–Trinajstić information content (AvgIpc) is 2.41. The lowest BCUT2D eigenvalue weighted by molar-refractivity contribution is 0.0693. The van der Waals surface area contributed by atoms with Crippen LogP contribution < -0.4 is 5.43 Å². The number of aromatic nitrogens is 1. The predicted molar refractivity (Wildman–Crippen MR) is 73.5 cm³/mol. The summed E-state index contributed by atoms with van der Waals surface area (Å²) in [5.41, 5.74) is 1.13. The summed E-state index contributed by atoms with van der Waals surface area (Å²) >= 11 is 0. The number of pyridine rings is 1. The molecule has 4 nitrogen and oxygen atoms in total. The molecule has 0 bridgehead atoms. The van der Waals surface area contributed by atoms with Crippen LogP contribution in [0, 0.1) is 0 Å². The number of rotatable bonds is 3. The number of nitrogens with zero attached hydrogens (tertiary/aromatic N) is 1. The highest BCUT2D eigenvalue weighted by Gasteiger charge is 2.19. The van der Waals surface area contributed by atoms with Gasteiger partial charge in [-0.15, -0.1) is 0 Å². The number of hydrogen-bond acceptors (Lipinski definition) is 2. The lowest BCUT2D eigenvalue weighted by atomic mass is 10.0. The quantitative estimate of drug-likeness (QED) is 0.917. The standard InChI is InChI=1S/C15H15NO3/c1-3-12-13(15(18)19)14(17)11(9-16(12)2)10-7-5-4-6-8-10/h4-9H,3H2,1-2H3,(H,18,19). The molecule has 0 atom stereocenters. The molecule has 1 aromatic carbocycles. The molecule has 0 radical (unpaired) electrons. The smallest absolute Gasteiger partial charge is 0.341 e. The molecule has 0 aliphatic rings. The molecule has 0 saturated carbocycles. The second-order valence-electron chi connectivity index (χ2n) is 4.33. The van der Waals surface area contributed by atoms with Gasteiger partial charge in [-0.05, 0) is 12.0 Å². The van der Waals surface area contributed by atoms with Gasteiger partial charge >= 0.3 is 5.97 Å². The van der Waals surface area contributed by atoms with Gasteiger partial charge in [-0.1, -0.05) is 37.3 Å². The maximum absolute atomic E-state index is 12.3. The minimum Gasteiger partial charge on any atom is -0.477 e. The molecule has 0 aliphatic heterocycles. The maximum Gasteiger partial charge on any atom is 0.341 e. The monoisotopic (exact) mass is 257 g/mol. The van der Waals surface area contributed by atoms with E-state index in [1.165, 1.54) is 0 Å². The van der Waals surface area contributed by atoms with Crippen molar-refractivity contribution in [3.8, 4) is 11.1 Å². The molecule has 4 heteroatoms. The van der Waals surface area contributed by atoms with Crippen LogP contribution in [0.1, 0.15) is 23.0 Å². The Kier molecular flexibility index (Phi) is 3.51. The zero-order valence-corrected chi connectivity index (χ0v) is 10.9. The topological polar surface area (TPSA) is 59.3 Å². The Hall–Kier alpha value is -2.36. The number of carboxylic acid groups (broad SMARTS) is 1. The van der Waals surface area contributed by atoms with Crippen LogP contribution in [0.25, 0.3) is 11.1 Å². The lowest BCUT2D eigenvalue weighted by Gasteiger charge is -2.12. The van der Waals surface area contributed by atoms with Gasteiger partial charge in [0.15, 0.2) is 0 Å². The predicted octanol–water partition coefficient (Wildman–Crippen LogP) is 2.31. The molecule has 19 heavy (non-hydrogen) atoms. The summed E-state index contributed by atoms with van der Waals surface area (Å²) in [6.07, 6.45) is 2.20. The van der Waals surface area contributed by atoms with Crippen molar-refractivity contribution >= 4 is 5.97 Å². The van der Waals surface area contributed by atoms with Crippen LogP contribution in [0.4, 0.5) is 0 Å². The fraction of sp³-hybridized carbons (Fsp3) is 0.200. The number of benzene rings is 1.